The molecule has 0 aliphatic carbocycles. The molecular weight excluding hydrogens is 470 g/mol. The number of fused-ring (bicyclic) bond motifs is 1. The number of ether oxygens (including phenoxy) is 2. The zero-order valence-corrected chi connectivity index (χ0v) is 18.6. The number of aromatic nitrogens is 3. The third-order valence-electron chi connectivity index (χ3n) is 5.51. The minimum absolute atomic E-state index is 0.0178. The lowest BCUT2D eigenvalue weighted by Gasteiger charge is -2.28. The van der Waals surface area contributed by atoms with E-state index in [4.69, 9.17) is 9.47 Å². The van der Waals surface area contributed by atoms with Crippen LogP contribution in [0.4, 0.5) is 17.6 Å². The summed E-state index contributed by atoms with van der Waals surface area (Å²) in [4.78, 5) is 18.9. The van der Waals surface area contributed by atoms with E-state index in [0.29, 0.717) is 23.5 Å². The molecular formula is C23H19F4N5O3. The number of halogens is 4. The predicted octanol–water partition coefficient (Wildman–Crippen LogP) is 3.81. The van der Waals surface area contributed by atoms with E-state index in [9.17, 15) is 27.6 Å². The van der Waals surface area contributed by atoms with Gasteiger partial charge < -0.3 is 14.4 Å². The highest BCUT2D eigenvalue weighted by Gasteiger charge is 2.39. The summed E-state index contributed by atoms with van der Waals surface area (Å²) < 4.78 is 64.4. The largest absolute Gasteiger partial charge is 0.494 e. The predicted molar refractivity (Wildman–Crippen MR) is 114 cm³/mol. The van der Waals surface area contributed by atoms with Crippen LogP contribution >= 0.6 is 0 Å². The molecule has 0 saturated carbocycles. The molecule has 35 heavy (non-hydrogen) atoms. The lowest BCUT2D eigenvalue weighted by Crippen LogP contribution is -2.37. The van der Waals surface area contributed by atoms with E-state index >= 15 is 0 Å². The quantitative estimate of drug-likeness (QED) is 0.506. The summed E-state index contributed by atoms with van der Waals surface area (Å²) in [6.07, 6.45) is -3.78. The summed E-state index contributed by atoms with van der Waals surface area (Å²) in [5.74, 6) is -1.26. The topological polar surface area (TPSA) is 93.3 Å². The SMILES string of the molecule is COc1c(C#N)ccc(O[C@@H](C)C(F)(F)F)c1C(=O)N1CCc2nn(-c3ccc(F)cn3)cc2C1. The molecule has 2 aromatic heterocycles. The van der Waals surface area contributed by atoms with Gasteiger partial charge in [0.05, 0.1) is 24.6 Å². The standard InChI is InChI=1S/C23H19F4N5O3/c1-13(23(25,26)27)35-18-5-3-14(9-28)21(34-2)20(18)22(33)31-8-7-17-15(11-31)12-32(30-17)19-6-4-16(24)10-29-19/h3-6,10,12-13H,7-8,11H2,1-2H3/t13-/m0/s1. The van der Waals surface area contributed by atoms with E-state index in [-0.39, 0.29) is 35.7 Å². The molecule has 0 fully saturated rings. The van der Waals surface area contributed by atoms with Crippen LogP contribution in [0, 0.1) is 17.1 Å². The first-order valence-electron chi connectivity index (χ1n) is 10.5. The Bertz CT molecular complexity index is 1300. The minimum atomic E-state index is -4.66. The van der Waals surface area contributed by atoms with Gasteiger partial charge in [0, 0.05) is 31.3 Å². The molecule has 0 N–H and O–H groups in total. The molecule has 0 unspecified atom stereocenters. The normalized spacial score (nSPS) is 14.1. The minimum Gasteiger partial charge on any atom is -0.494 e. The Morgan fingerprint density at radius 2 is 2.03 bits per heavy atom. The highest BCUT2D eigenvalue weighted by Crippen LogP contribution is 2.36. The van der Waals surface area contributed by atoms with E-state index in [1.165, 1.54) is 34.9 Å². The fraction of sp³-hybridized carbons (Fsp3) is 0.304. The Morgan fingerprint density at radius 3 is 2.66 bits per heavy atom. The molecule has 1 atom stereocenters. The first-order valence-corrected chi connectivity index (χ1v) is 10.5. The number of carbonyl (C=O) groups is 1. The molecule has 3 aromatic rings. The van der Waals surface area contributed by atoms with Gasteiger partial charge in [0.15, 0.2) is 17.7 Å². The smallest absolute Gasteiger partial charge is 0.425 e. The van der Waals surface area contributed by atoms with Crippen LogP contribution in [0.25, 0.3) is 5.82 Å². The Balaban J connectivity index is 1.67. The van der Waals surface area contributed by atoms with Gasteiger partial charge in [-0.25, -0.2) is 14.1 Å². The summed E-state index contributed by atoms with van der Waals surface area (Å²) in [5.41, 5.74) is 1.12. The fourth-order valence-electron chi connectivity index (χ4n) is 3.69. The number of rotatable bonds is 5. The van der Waals surface area contributed by atoms with Crippen LogP contribution in [0.5, 0.6) is 11.5 Å². The fourth-order valence-corrected chi connectivity index (χ4v) is 3.69. The average molecular weight is 489 g/mol. The molecule has 1 amide bonds. The zero-order chi connectivity index (χ0) is 25.3. The summed E-state index contributed by atoms with van der Waals surface area (Å²) in [6.45, 7) is 1.14. The average Bonchev–Trinajstić information content (AvgIpc) is 3.26. The van der Waals surface area contributed by atoms with Crippen molar-refractivity contribution in [1.82, 2.24) is 19.7 Å². The molecule has 1 aromatic carbocycles. The highest BCUT2D eigenvalue weighted by molar-refractivity contribution is 6.00. The second kappa shape index (κ2) is 9.25. The first-order chi connectivity index (χ1) is 16.6. The molecule has 0 saturated heterocycles. The molecule has 12 heteroatoms. The maximum atomic E-state index is 13.5. The van der Waals surface area contributed by atoms with Crippen LogP contribution < -0.4 is 9.47 Å². The van der Waals surface area contributed by atoms with Gasteiger partial charge in [-0.15, -0.1) is 0 Å². The van der Waals surface area contributed by atoms with Gasteiger partial charge in [0.25, 0.3) is 5.91 Å². The molecule has 1 aliphatic rings. The number of pyridine rings is 1. The molecule has 4 rings (SSSR count). The van der Waals surface area contributed by atoms with Crippen LogP contribution in [0.1, 0.15) is 34.1 Å². The van der Waals surface area contributed by atoms with Gasteiger partial charge in [0.1, 0.15) is 23.2 Å². The van der Waals surface area contributed by atoms with Gasteiger partial charge in [0.2, 0.25) is 0 Å². The van der Waals surface area contributed by atoms with E-state index in [1.807, 2.05) is 6.07 Å². The number of benzene rings is 1. The number of alkyl halides is 3. The Kier molecular flexibility index (Phi) is 6.34. The third-order valence-corrected chi connectivity index (χ3v) is 5.51. The van der Waals surface area contributed by atoms with Crippen LogP contribution in [0.2, 0.25) is 0 Å². The van der Waals surface area contributed by atoms with E-state index in [2.05, 4.69) is 10.1 Å². The summed E-state index contributed by atoms with van der Waals surface area (Å²) >= 11 is 0. The summed E-state index contributed by atoms with van der Waals surface area (Å²) in [7, 11) is 1.22. The lowest BCUT2D eigenvalue weighted by atomic mass is 10.0. The van der Waals surface area contributed by atoms with Crippen molar-refractivity contribution >= 4 is 5.91 Å². The van der Waals surface area contributed by atoms with Crippen LogP contribution in [-0.4, -0.2) is 51.5 Å². The number of carbonyl (C=O) groups excluding carboxylic acids is 1. The molecule has 182 valence electrons. The molecule has 0 spiro atoms. The van der Waals surface area contributed by atoms with Gasteiger partial charge >= 0.3 is 6.18 Å². The molecule has 3 heterocycles. The van der Waals surface area contributed by atoms with Crippen molar-refractivity contribution in [3.05, 3.63) is 64.9 Å². The zero-order valence-electron chi connectivity index (χ0n) is 18.6. The van der Waals surface area contributed by atoms with Gasteiger partial charge in [-0.2, -0.15) is 23.5 Å². The van der Waals surface area contributed by atoms with E-state index < -0.39 is 24.0 Å². The number of nitrogens with zero attached hydrogens (tertiary/aromatic N) is 5. The maximum Gasteiger partial charge on any atom is 0.425 e. The van der Waals surface area contributed by atoms with Crippen molar-refractivity contribution in [2.75, 3.05) is 13.7 Å². The summed E-state index contributed by atoms with van der Waals surface area (Å²) in [5, 5.41) is 13.8. The second-order valence-corrected chi connectivity index (χ2v) is 7.79. The first kappa shape index (κ1) is 24.0. The number of amides is 1. The Hall–Kier alpha value is -4.14. The van der Waals surface area contributed by atoms with E-state index in [1.54, 1.807) is 6.20 Å². The van der Waals surface area contributed by atoms with Crippen molar-refractivity contribution in [2.45, 2.75) is 32.2 Å². The Labute approximate surface area is 197 Å². The number of methoxy groups -OCH3 is 1. The van der Waals surface area contributed by atoms with Crippen molar-refractivity contribution in [3.8, 4) is 23.4 Å². The summed E-state index contributed by atoms with van der Waals surface area (Å²) in [6, 6.07) is 6.98. The van der Waals surface area contributed by atoms with Crippen LogP contribution in [0.3, 0.4) is 0 Å². The van der Waals surface area contributed by atoms with Gasteiger partial charge in [-0.05, 0) is 31.2 Å². The molecule has 0 bridgehead atoms. The number of hydrogen-bond donors (Lipinski definition) is 0. The van der Waals surface area contributed by atoms with Crippen LogP contribution in [0.15, 0.2) is 36.7 Å². The van der Waals surface area contributed by atoms with Crippen molar-refractivity contribution in [2.24, 2.45) is 0 Å². The highest BCUT2D eigenvalue weighted by atomic mass is 19.4. The Morgan fingerprint density at radius 1 is 1.26 bits per heavy atom. The monoisotopic (exact) mass is 489 g/mol. The molecule has 8 nitrogen and oxygen atoms in total. The molecule has 1 aliphatic heterocycles. The third kappa shape index (κ3) is 4.75. The molecule has 0 radical (unpaired) electrons. The van der Waals surface area contributed by atoms with Crippen LogP contribution in [-0.2, 0) is 13.0 Å². The number of nitriles is 1. The van der Waals surface area contributed by atoms with Gasteiger partial charge in [-0.1, -0.05) is 0 Å². The second-order valence-electron chi connectivity index (χ2n) is 7.79. The van der Waals surface area contributed by atoms with Crippen molar-refractivity contribution < 1.29 is 31.8 Å². The van der Waals surface area contributed by atoms with Gasteiger partial charge in [-0.3, -0.25) is 4.79 Å². The maximum absolute atomic E-state index is 13.5. The van der Waals surface area contributed by atoms with Crippen molar-refractivity contribution in [1.29, 1.82) is 5.26 Å². The number of hydrogen-bond acceptors (Lipinski definition) is 6. The van der Waals surface area contributed by atoms with E-state index in [0.717, 1.165) is 19.2 Å². The van der Waals surface area contributed by atoms with Crippen molar-refractivity contribution in [3.63, 3.8) is 0 Å². The lowest BCUT2D eigenvalue weighted by molar-refractivity contribution is -0.189.